The topological polar surface area (TPSA) is 72.7 Å². The molecule has 4 heteroatoms. The van der Waals surface area contributed by atoms with Crippen LogP contribution >= 0.6 is 0 Å². The van der Waals surface area contributed by atoms with Gasteiger partial charge in [0.25, 0.3) is 0 Å². The molecule has 1 rings (SSSR count). The number of phenolic OH excluding ortho intramolecular Hbond substituents is 2. The van der Waals surface area contributed by atoms with Gasteiger partial charge in [-0.3, -0.25) is 0 Å². The minimum Gasteiger partial charge on any atom is -0.508 e. The predicted molar refractivity (Wildman–Crippen MR) is 53.2 cm³/mol. The van der Waals surface area contributed by atoms with Crippen LogP contribution in [0.4, 0.5) is 0 Å². The molecule has 0 saturated heterocycles. The number of aromatic hydroxyl groups is 2. The quantitative estimate of drug-likeness (QED) is 0.569. The lowest BCUT2D eigenvalue weighted by Crippen LogP contribution is -2.23. The van der Waals surface area contributed by atoms with Crippen LogP contribution in [-0.4, -0.2) is 28.0 Å². The lowest BCUT2D eigenvalue weighted by Gasteiger charge is -2.08. The molecule has 0 bridgehead atoms. The Morgan fingerprint density at radius 3 is 2.64 bits per heavy atom. The molecule has 0 amide bonds. The molecule has 0 aliphatic rings. The van der Waals surface area contributed by atoms with E-state index >= 15 is 0 Å². The second-order valence-electron chi connectivity index (χ2n) is 3.29. The van der Waals surface area contributed by atoms with E-state index in [1.807, 2.05) is 0 Å². The van der Waals surface area contributed by atoms with E-state index in [2.05, 4.69) is 5.32 Å². The van der Waals surface area contributed by atoms with Crippen molar-refractivity contribution in [2.24, 2.45) is 0 Å². The van der Waals surface area contributed by atoms with Crippen LogP contribution in [0.5, 0.6) is 11.5 Å². The maximum Gasteiger partial charge on any atom is 0.123 e. The van der Waals surface area contributed by atoms with Crippen molar-refractivity contribution in [2.75, 3.05) is 6.54 Å². The molecule has 0 spiro atoms. The third kappa shape index (κ3) is 3.24. The number of benzene rings is 1. The molecule has 0 aliphatic heterocycles. The predicted octanol–water partition coefficient (Wildman–Crippen LogP) is 0.568. The van der Waals surface area contributed by atoms with Crippen LogP contribution < -0.4 is 5.32 Å². The van der Waals surface area contributed by atoms with Crippen LogP contribution in [0.25, 0.3) is 0 Å². The third-order valence-electron chi connectivity index (χ3n) is 1.82. The lowest BCUT2D eigenvalue weighted by atomic mass is 10.2. The first-order valence-corrected chi connectivity index (χ1v) is 4.49. The standard InChI is InChI=1S/C10H15NO3/c1-7(12)5-11-6-8-2-3-9(13)4-10(8)14/h2-4,7,11-14H,5-6H2,1H3. The Labute approximate surface area is 82.8 Å². The highest BCUT2D eigenvalue weighted by Gasteiger charge is 2.02. The number of aliphatic hydroxyl groups is 1. The van der Waals surface area contributed by atoms with Gasteiger partial charge in [0.2, 0.25) is 0 Å². The van der Waals surface area contributed by atoms with Crippen molar-refractivity contribution in [3.63, 3.8) is 0 Å². The molecule has 14 heavy (non-hydrogen) atoms. The summed E-state index contributed by atoms with van der Waals surface area (Å²) in [6.45, 7) is 2.63. The van der Waals surface area contributed by atoms with Crippen LogP contribution in [0.2, 0.25) is 0 Å². The van der Waals surface area contributed by atoms with Crippen LogP contribution in [-0.2, 0) is 6.54 Å². The molecule has 1 atom stereocenters. The number of hydrogen-bond donors (Lipinski definition) is 4. The van der Waals surface area contributed by atoms with Crippen LogP contribution in [0.15, 0.2) is 18.2 Å². The molecule has 0 heterocycles. The highest BCUT2D eigenvalue weighted by molar-refractivity contribution is 5.38. The Balaban J connectivity index is 2.51. The Morgan fingerprint density at radius 1 is 1.36 bits per heavy atom. The van der Waals surface area contributed by atoms with Gasteiger partial charge in [0.05, 0.1) is 6.10 Å². The maximum absolute atomic E-state index is 9.39. The first-order chi connectivity index (χ1) is 6.59. The first-order valence-electron chi connectivity index (χ1n) is 4.49. The molecule has 0 aromatic heterocycles. The fourth-order valence-corrected chi connectivity index (χ4v) is 1.12. The molecule has 0 radical (unpaired) electrons. The fraction of sp³-hybridized carbons (Fsp3) is 0.400. The summed E-state index contributed by atoms with van der Waals surface area (Å²) >= 11 is 0. The Kier molecular flexibility index (Phi) is 3.73. The maximum atomic E-state index is 9.39. The summed E-state index contributed by atoms with van der Waals surface area (Å²) in [5.41, 5.74) is 0.698. The summed E-state index contributed by atoms with van der Waals surface area (Å²) in [6, 6.07) is 4.44. The SMILES string of the molecule is CC(O)CNCc1ccc(O)cc1O. The smallest absolute Gasteiger partial charge is 0.123 e. The second kappa shape index (κ2) is 4.83. The number of nitrogens with one attached hydrogen (secondary N) is 1. The van der Waals surface area contributed by atoms with Gasteiger partial charge in [-0.15, -0.1) is 0 Å². The number of phenols is 2. The summed E-state index contributed by atoms with van der Waals surface area (Å²) in [4.78, 5) is 0. The largest absolute Gasteiger partial charge is 0.508 e. The van der Waals surface area contributed by atoms with Gasteiger partial charge in [-0.1, -0.05) is 6.07 Å². The molecule has 0 fully saturated rings. The van der Waals surface area contributed by atoms with Gasteiger partial charge in [-0.05, 0) is 13.0 Å². The van der Waals surface area contributed by atoms with Crippen LogP contribution in [0.1, 0.15) is 12.5 Å². The summed E-state index contributed by atoms with van der Waals surface area (Å²) in [7, 11) is 0. The molecule has 78 valence electrons. The minimum atomic E-state index is -0.408. The Bertz CT molecular complexity index is 299. The Hall–Kier alpha value is -1.26. The van der Waals surface area contributed by atoms with Gasteiger partial charge in [-0.2, -0.15) is 0 Å². The van der Waals surface area contributed by atoms with Gasteiger partial charge in [-0.25, -0.2) is 0 Å². The van der Waals surface area contributed by atoms with Gasteiger partial charge < -0.3 is 20.6 Å². The van der Waals surface area contributed by atoms with E-state index in [-0.39, 0.29) is 11.5 Å². The van der Waals surface area contributed by atoms with E-state index in [0.717, 1.165) is 0 Å². The van der Waals surface area contributed by atoms with Crippen LogP contribution in [0.3, 0.4) is 0 Å². The summed E-state index contributed by atoms with van der Waals surface area (Å²) in [5.74, 6) is 0.102. The molecule has 1 aromatic rings. The summed E-state index contributed by atoms with van der Waals surface area (Å²) < 4.78 is 0. The van der Waals surface area contributed by atoms with Crippen molar-refractivity contribution in [1.82, 2.24) is 5.32 Å². The van der Waals surface area contributed by atoms with Gasteiger partial charge in [0, 0.05) is 24.7 Å². The zero-order valence-electron chi connectivity index (χ0n) is 8.07. The number of hydrogen-bond acceptors (Lipinski definition) is 4. The van der Waals surface area contributed by atoms with Crippen molar-refractivity contribution >= 4 is 0 Å². The molecule has 0 saturated carbocycles. The van der Waals surface area contributed by atoms with Gasteiger partial charge >= 0.3 is 0 Å². The zero-order valence-corrected chi connectivity index (χ0v) is 8.07. The average molecular weight is 197 g/mol. The number of rotatable bonds is 4. The van der Waals surface area contributed by atoms with E-state index in [1.165, 1.54) is 12.1 Å². The minimum absolute atomic E-state index is 0.0433. The normalized spacial score (nSPS) is 12.7. The highest BCUT2D eigenvalue weighted by atomic mass is 16.3. The van der Waals surface area contributed by atoms with Gasteiger partial charge in [0.15, 0.2) is 0 Å². The molecule has 1 unspecified atom stereocenters. The third-order valence-corrected chi connectivity index (χ3v) is 1.82. The van der Waals surface area contributed by atoms with E-state index in [1.54, 1.807) is 13.0 Å². The highest BCUT2D eigenvalue weighted by Crippen LogP contribution is 2.21. The monoisotopic (exact) mass is 197 g/mol. The Morgan fingerprint density at radius 2 is 2.07 bits per heavy atom. The van der Waals surface area contributed by atoms with E-state index in [0.29, 0.717) is 18.7 Å². The lowest BCUT2D eigenvalue weighted by molar-refractivity contribution is 0.191. The number of aliphatic hydroxyl groups excluding tert-OH is 1. The van der Waals surface area contributed by atoms with Crippen molar-refractivity contribution < 1.29 is 15.3 Å². The van der Waals surface area contributed by atoms with Crippen molar-refractivity contribution in [3.05, 3.63) is 23.8 Å². The average Bonchev–Trinajstić information content (AvgIpc) is 2.08. The van der Waals surface area contributed by atoms with Crippen molar-refractivity contribution in [3.8, 4) is 11.5 Å². The molecule has 0 aliphatic carbocycles. The molecule has 4 nitrogen and oxygen atoms in total. The first kappa shape index (κ1) is 10.8. The summed E-state index contributed by atoms with van der Waals surface area (Å²) in [5, 5.41) is 30.4. The second-order valence-corrected chi connectivity index (χ2v) is 3.29. The fourth-order valence-electron chi connectivity index (χ4n) is 1.12. The molecular weight excluding hydrogens is 182 g/mol. The molecular formula is C10H15NO3. The van der Waals surface area contributed by atoms with Gasteiger partial charge in [0.1, 0.15) is 11.5 Å². The zero-order chi connectivity index (χ0) is 10.6. The van der Waals surface area contributed by atoms with E-state index in [9.17, 15) is 5.11 Å². The van der Waals surface area contributed by atoms with E-state index in [4.69, 9.17) is 10.2 Å². The summed E-state index contributed by atoms with van der Waals surface area (Å²) in [6.07, 6.45) is -0.408. The molecule has 4 N–H and O–H groups in total. The van der Waals surface area contributed by atoms with Crippen LogP contribution in [0, 0.1) is 0 Å². The molecule has 1 aromatic carbocycles. The van der Waals surface area contributed by atoms with Crippen molar-refractivity contribution in [2.45, 2.75) is 19.6 Å². The van der Waals surface area contributed by atoms with Crippen molar-refractivity contribution in [1.29, 1.82) is 0 Å². The van der Waals surface area contributed by atoms with E-state index < -0.39 is 6.10 Å².